The van der Waals surface area contributed by atoms with Crippen LogP contribution in [-0.2, 0) is 12.1 Å². The van der Waals surface area contributed by atoms with E-state index in [0.717, 1.165) is 16.9 Å². The molecule has 1 atom stereocenters. The van der Waals surface area contributed by atoms with Crippen LogP contribution in [0.3, 0.4) is 0 Å². The molecule has 0 aliphatic rings. The summed E-state index contributed by atoms with van der Waals surface area (Å²) in [5.74, 6) is 0.483. The Bertz CT molecular complexity index is 548. The molecule has 2 N–H and O–H groups in total. The van der Waals surface area contributed by atoms with Crippen molar-refractivity contribution >= 4 is 16.3 Å². The fourth-order valence-corrected chi connectivity index (χ4v) is 2.40. The van der Waals surface area contributed by atoms with Gasteiger partial charge >= 0.3 is 5.00 Å². The average molecular weight is 282 g/mol. The minimum atomic E-state index is -1.11. The molecular formula is C12H14N2O4S. The highest BCUT2D eigenvalue weighted by Gasteiger charge is 2.25. The van der Waals surface area contributed by atoms with Crippen molar-refractivity contribution in [1.82, 2.24) is 5.32 Å². The maximum Gasteiger partial charge on any atom is 0.324 e. The number of nitrogens with zero attached hydrogens (tertiary/aromatic N) is 1. The van der Waals surface area contributed by atoms with Gasteiger partial charge in [-0.1, -0.05) is 11.3 Å². The summed E-state index contributed by atoms with van der Waals surface area (Å²) in [6.45, 7) is 2.40. The first-order valence-electron chi connectivity index (χ1n) is 5.68. The predicted molar refractivity (Wildman–Crippen MR) is 71.0 cm³/mol. The van der Waals surface area contributed by atoms with Crippen LogP contribution in [0.4, 0.5) is 5.00 Å². The van der Waals surface area contributed by atoms with Gasteiger partial charge in [-0.25, -0.2) is 0 Å². The van der Waals surface area contributed by atoms with Gasteiger partial charge in [0.25, 0.3) is 0 Å². The van der Waals surface area contributed by atoms with E-state index in [1.165, 1.54) is 12.3 Å². The molecule has 2 aromatic rings. The van der Waals surface area contributed by atoms with E-state index in [2.05, 4.69) is 5.32 Å². The zero-order valence-corrected chi connectivity index (χ0v) is 11.1. The molecule has 1 unspecified atom stereocenters. The van der Waals surface area contributed by atoms with Crippen LogP contribution in [0.5, 0.6) is 0 Å². The van der Waals surface area contributed by atoms with Gasteiger partial charge in [0.1, 0.15) is 11.4 Å². The van der Waals surface area contributed by atoms with Crippen LogP contribution < -0.4 is 5.32 Å². The number of aliphatic hydroxyl groups is 1. The minimum absolute atomic E-state index is 0.120. The van der Waals surface area contributed by atoms with Gasteiger partial charge in [0, 0.05) is 24.5 Å². The molecule has 19 heavy (non-hydrogen) atoms. The van der Waals surface area contributed by atoms with E-state index in [4.69, 9.17) is 4.42 Å². The maximum absolute atomic E-state index is 10.5. The first-order chi connectivity index (χ1) is 8.99. The third-order valence-electron chi connectivity index (χ3n) is 2.67. The molecule has 7 heteroatoms. The molecule has 0 bridgehead atoms. The summed E-state index contributed by atoms with van der Waals surface area (Å²) in [6.07, 6.45) is 1.51. The normalized spacial score (nSPS) is 14.2. The molecule has 0 radical (unpaired) electrons. The quantitative estimate of drug-likeness (QED) is 0.626. The van der Waals surface area contributed by atoms with Crippen molar-refractivity contribution in [2.75, 3.05) is 6.54 Å². The molecule has 0 fully saturated rings. The van der Waals surface area contributed by atoms with E-state index in [1.54, 1.807) is 24.4 Å². The maximum atomic E-state index is 10.5. The Morgan fingerprint density at radius 1 is 1.63 bits per heavy atom. The molecular weight excluding hydrogens is 268 g/mol. The van der Waals surface area contributed by atoms with Crippen molar-refractivity contribution in [1.29, 1.82) is 0 Å². The summed E-state index contributed by atoms with van der Waals surface area (Å²) in [6, 6.07) is 4.95. The van der Waals surface area contributed by atoms with Crippen molar-refractivity contribution in [3.63, 3.8) is 0 Å². The highest BCUT2D eigenvalue weighted by molar-refractivity contribution is 7.13. The van der Waals surface area contributed by atoms with Crippen LogP contribution in [0.15, 0.2) is 34.3 Å². The summed E-state index contributed by atoms with van der Waals surface area (Å²) in [7, 11) is 0. The van der Waals surface area contributed by atoms with Crippen LogP contribution in [0.2, 0.25) is 0 Å². The molecule has 0 amide bonds. The third kappa shape index (κ3) is 3.40. The average Bonchev–Trinajstić information content (AvgIpc) is 3.00. The second-order valence-corrected chi connectivity index (χ2v) is 5.29. The van der Waals surface area contributed by atoms with Crippen LogP contribution >= 0.6 is 11.3 Å². The largest absolute Gasteiger partial charge is 0.466 e. The van der Waals surface area contributed by atoms with Crippen LogP contribution in [-0.4, -0.2) is 16.6 Å². The topological polar surface area (TPSA) is 88.5 Å². The number of rotatable bonds is 6. The molecule has 0 saturated heterocycles. The summed E-state index contributed by atoms with van der Waals surface area (Å²) < 4.78 is 5.16. The number of nitro groups is 1. The highest BCUT2D eigenvalue weighted by Crippen LogP contribution is 2.23. The van der Waals surface area contributed by atoms with Gasteiger partial charge in [-0.3, -0.25) is 10.1 Å². The molecule has 102 valence electrons. The Balaban J connectivity index is 1.87. The summed E-state index contributed by atoms with van der Waals surface area (Å²) >= 11 is 1.09. The lowest BCUT2D eigenvalue weighted by Gasteiger charge is -2.21. The lowest BCUT2D eigenvalue weighted by atomic mass is 10.0. The number of hydrogen-bond acceptors (Lipinski definition) is 6. The molecule has 0 aliphatic carbocycles. The Kier molecular flexibility index (Phi) is 3.98. The number of furan rings is 1. The highest BCUT2D eigenvalue weighted by atomic mass is 32.1. The van der Waals surface area contributed by atoms with E-state index in [-0.39, 0.29) is 5.00 Å². The Morgan fingerprint density at radius 3 is 3.00 bits per heavy atom. The third-order valence-corrected chi connectivity index (χ3v) is 3.60. The fourth-order valence-electron chi connectivity index (χ4n) is 1.67. The zero-order chi connectivity index (χ0) is 13.9. The minimum Gasteiger partial charge on any atom is -0.466 e. The molecule has 0 aromatic carbocycles. The first kappa shape index (κ1) is 13.7. The Hall–Kier alpha value is -1.70. The summed E-state index contributed by atoms with van der Waals surface area (Å²) in [5, 5.41) is 25.6. The van der Waals surface area contributed by atoms with Crippen LogP contribution in [0, 0.1) is 10.1 Å². The molecule has 2 heterocycles. The van der Waals surface area contributed by atoms with Gasteiger partial charge in [0.15, 0.2) is 0 Å². The van der Waals surface area contributed by atoms with E-state index < -0.39 is 10.5 Å². The Labute approximate surface area is 113 Å². The van der Waals surface area contributed by atoms with Crippen LogP contribution in [0.25, 0.3) is 0 Å². The second-order valence-electron chi connectivity index (χ2n) is 4.41. The van der Waals surface area contributed by atoms with Crippen molar-refractivity contribution in [3.05, 3.63) is 51.3 Å². The number of hydrogen-bond donors (Lipinski definition) is 2. The zero-order valence-electron chi connectivity index (χ0n) is 10.3. The van der Waals surface area contributed by atoms with Gasteiger partial charge in [0.2, 0.25) is 0 Å². The Morgan fingerprint density at radius 2 is 2.42 bits per heavy atom. The van der Waals surface area contributed by atoms with E-state index in [9.17, 15) is 15.2 Å². The standard InChI is InChI=1S/C12H14N2O4S/c1-12(15,10-3-2-4-18-10)8-13-6-9-5-11(14(16)17)19-7-9/h2-5,7,13,15H,6,8H2,1H3. The predicted octanol–water partition coefficient (Wildman–Crippen LogP) is 2.25. The number of nitrogens with one attached hydrogen (secondary N) is 1. The molecule has 0 aliphatic heterocycles. The van der Waals surface area contributed by atoms with E-state index >= 15 is 0 Å². The molecule has 0 spiro atoms. The molecule has 0 saturated carbocycles. The smallest absolute Gasteiger partial charge is 0.324 e. The van der Waals surface area contributed by atoms with Crippen molar-refractivity contribution in [2.24, 2.45) is 0 Å². The summed E-state index contributed by atoms with van der Waals surface area (Å²) in [5.41, 5.74) is -0.280. The SMILES string of the molecule is CC(O)(CNCc1csc([N+](=O)[O-])c1)c1ccco1. The number of thiophene rings is 1. The molecule has 2 aromatic heterocycles. The molecule has 2 rings (SSSR count). The molecule has 6 nitrogen and oxygen atoms in total. The first-order valence-corrected chi connectivity index (χ1v) is 6.56. The van der Waals surface area contributed by atoms with Gasteiger partial charge in [-0.2, -0.15) is 0 Å². The monoisotopic (exact) mass is 282 g/mol. The van der Waals surface area contributed by atoms with Gasteiger partial charge in [0.05, 0.1) is 11.2 Å². The van der Waals surface area contributed by atoms with Crippen molar-refractivity contribution in [3.8, 4) is 0 Å². The lowest BCUT2D eigenvalue weighted by Crippen LogP contribution is -2.34. The van der Waals surface area contributed by atoms with Crippen LogP contribution in [0.1, 0.15) is 18.2 Å². The second kappa shape index (κ2) is 5.52. The van der Waals surface area contributed by atoms with E-state index in [1.807, 2.05) is 0 Å². The van der Waals surface area contributed by atoms with Crippen molar-refractivity contribution in [2.45, 2.75) is 19.1 Å². The van der Waals surface area contributed by atoms with Gasteiger partial charge < -0.3 is 14.8 Å². The lowest BCUT2D eigenvalue weighted by molar-refractivity contribution is -0.380. The van der Waals surface area contributed by atoms with E-state index in [0.29, 0.717) is 18.8 Å². The summed E-state index contributed by atoms with van der Waals surface area (Å²) in [4.78, 5) is 10.1. The van der Waals surface area contributed by atoms with Crippen molar-refractivity contribution < 1.29 is 14.4 Å². The fraction of sp³-hybridized carbons (Fsp3) is 0.333. The van der Waals surface area contributed by atoms with Gasteiger partial charge in [-0.15, -0.1) is 0 Å². The van der Waals surface area contributed by atoms with Gasteiger partial charge in [-0.05, 0) is 24.6 Å².